The average molecular weight is 415 g/mol. The van der Waals surface area contributed by atoms with Gasteiger partial charge in [-0.3, -0.25) is 29.4 Å². The van der Waals surface area contributed by atoms with Crippen molar-refractivity contribution in [1.82, 2.24) is 15.5 Å². The molecule has 1 aromatic carbocycles. The van der Waals surface area contributed by atoms with E-state index in [-0.39, 0.29) is 36.6 Å². The molecule has 0 bridgehead atoms. The summed E-state index contributed by atoms with van der Waals surface area (Å²) in [5, 5.41) is 4.35. The number of amides is 5. The predicted molar refractivity (Wildman–Crippen MR) is 105 cm³/mol. The Morgan fingerprint density at radius 1 is 1.07 bits per heavy atom. The number of benzene rings is 1. The van der Waals surface area contributed by atoms with Gasteiger partial charge < -0.3 is 10.1 Å². The number of likely N-dealkylation sites (tertiary alicyclic amines) is 1. The maximum Gasteiger partial charge on any atom is 0.321 e. The van der Waals surface area contributed by atoms with Crippen LogP contribution in [0.4, 0.5) is 4.79 Å². The lowest BCUT2D eigenvalue weighted by atomic mass is 9.81. The van der Waals surface area contributed by atoms with Gasteiger partial charge in [0, 0.05) is 19.2 Å². The van der Waals surface area contributed by atoms with Gasteiger partial charge in [0.2, 0.25) is 17.9 Å². The summed E-state index contributed by atoms with van der Waals surface area (Å²) < 4.78 is 5.31. The van der Waals surface area contributed by atoms with Gasteiger partial charge in [-0.1, -0.05) is 43.2 Å². The molecule has 0 unspecified atom stereocenters. The Hall–Kier alpha value is -3.23. The second-order valence-corrected chi connectivity index (χ2v) is 7.42. The van der Waals surface area contributed by atoms with E-state index in [1.54, 1.807) is 30.3 Å². The molecule has 2 N–H and O–H groups in total. The number of rotatable bonds is 6. The quantitative estimate of drug-likeness (QED) is 0.533. The van der Waals surface area contributed by atoms with Crippen molar-refractivity contribution in [3.05, 3.63) is 35.9 Å². The summed E-state index contributed by atoms with van der Waals surface area (Å²) in [5.74, 6) is -2.56. The molecule has 1 aliphatic carbocycles. The lowest BCUT2D eigenvalue weighted by molar-refractivity contribution is -0.157. The van der Waals surface area contributed by atoms with Gasteiger partial charge in [0.15, 0.2) is 0 Å². The van der Waals surface area contributed by atoms with E-state index in [1.807, 2.05) is 0 Å². The number of hydrogen-bond acceptors (Lipinski definition) is 6. The second kappa shape index (κ2) is 9.51. The van der Waals surface area contributed by atoms with Gasteiger partial charge in [0.1, 0.15) is 0 Å². The van der Waals surface area contributed by atoms with Crippen molar-refractivity contribution in [2.45, 2.75) is 38.2 Å². The van der Waals surface area contributed by atoms with Gasteiger partial charge in [-0.25, -0.2) is 4.79 Å². The van der Waals surface area contributed by atoms with Crippen LogP contribution in [0, 0.1) is 11.8 Å². The highest BCUT2D eigenvalue weighted by Gasteiger charge is 2.47. The normalized spacial score (nSPS) is 21.6. The minimum absolute atomic E-state index is 0.0813. The molecule has 1 saturated carbocycles. The van der Waals surface area contributed by atoms with E-state index in [1.165, 1.54) is 7.05 Å². The summed E-state index contributed by atoms with van der Waals surface area (Å²) in [5.41, 5.74) is 0.395. The van der Waals surface area contributed by atoms with E-state index in [2.05, 4.69) is 10.6 Å². The van der Waals surface area contributed by atoms with Crippen molar-refractivity contribution in [2.75, 3.05) is 13.6 Å². The molecule has 1 aromatic rings. The van der Waals surface area contributed by atoms with E-state index in [0.29, 0.717) is 18.4 Å². The SMILES string of the molecule is CNC(=O)NC(=O)[C@H](OC(=O)CCN1C(=O)[C@H]2CCCC[C@H]2C1=O)c1ccccc1. The predicted octanol–water partition coefficient (Wildman–Crippen LogP) is 1.29. The van der Waals surface area contributed by atoms with E-state index in [0.717, 1.165) is 17.7 Å². The first-order valence-electron chi connectivity index (χ1n) is 10.0. The van der Waals surface area contributed by atoms with Crippen LogP contribution in [0.5, 0.6) is 0 Å². The monoisotopic (exact) mass is 415 g/mol. The van der Waals surface area contributed by atoms with Crippen LogP contribution >= 0.6 is 0 Å². The fraction of sp³-hybridized carbons (Fsp3) is 0.476. The van der Waals surface area contributed by atoms with Crippen molar-refractivity contribution >= 4 is 29.7 Å². The van der Waals surface area contributed by atoms with Crippen LogP contribution < -0.4 is 10.6 Å². The van der Waals surface area contributed by atoms with Gasteiger partial charge in [-0.15, -0.1) is 0 Å². The van der Waals surface area contributed by atoms with E-state index in [4.69, 9.17) is 4.74 Å². The largest absolute Gasteiger partial charge is 0.447 e. The maximum absolute atomic E-state index is 12.5. The first-order valence-corrected chi connectivity index (χ1v) is 10.0. The van der Waals surface area contributed by atoms with Gasteiger partial charge in [-0.05, 0) is 12.8 Å². The molecule has 0 radical (unpaired) electrons. The van der Waals surface area contributed by atoms with Crippen molar-refractivity contribution < 1.29 is 28.7 Å². The fourth-order valence-corrected chi connectivity index (χ4v) is 3.99. The van der Waals surface area contributed by atoms with Crippen LogP contribution in [0.2, 0.25) is 0 Å². The van der Waals surface area contributed by atoms with Gasteiger partial charge in [0.25, 0.3) is 5.91 Å². The van der Waals surface area contributed by atoms with Gasteiger partial charge in [0.05, 0.1) is 18.3 Å². The fourth-order valence-electron chi connectivity index (χ4n) is 3.99. The van der Waals surface area contributed by atoms with E-state index in [9.17, 15) is 24.0 Å². The van der Waals surface area contributed by atoms with Gasteiger partial charge >= 0.3 is 12.0 Å². The van der Waals surface area contributed by atoms with Crippen molar-refractivity contribution in [2.24, 2.45) is 11.8 Å². The zero-order valence-corrected chi connectivity index (χ0v) is 16.8. The molecule has 9 nitrogen and oxygen atoms in total. The number of esters is 1. The lowest BCUT2D eigenvalue weighted by Gasteiger charge is -2.19. The minimum atomic E-state index is -1.33. The third-order valence-electron chi connectivity index (χ3n) is 5.53. The number of hydrogen-bond donors (Lipinski definition) is 2. The molecule has 30 heavy (non-hydrogen) atoms. The Balaban J connectivity index is 1.63. The van der Waals surface area contributed by atoms with Crippen LogP contribution in [0.3, 0.4) is 0 Å². The Morgan fingerprint density at radius 2 is 1.67 bits per heavy atom. The number of ether oxygens (including phenoxy) is 1. The van der Waals surface area contributed by atoms with Crippen LogP contribution in [0.25, 0.3) is 0 Å². The average Bonchev–Trinajstić information content (AvgIpc) is 3.01. The Bertz CT molecular complexity index is 816. The molecule has 160 valence electrons. The smallest absolute Gasteiger partial charge is 0.321 e. The second-order valence-electron chi connectivity index (χ2n) is 7.42. The number of nitrogens with zero attached hydrogens (tertiary/aromatic N) is 1. The van der Waals surface area contributed by atoms with E-state index >= 15 is 0 Å². The first kappa shape index (κ1) is 21.5. The Labute approximate surface area is 174 Å². The maximum atomic E-state index is 12.5. The molecular formula is C21H25N3O6. The topological polar surface area (TPSA) is 122 Å². The summed E-state index contributed by atoms with van der Waals surface area (Å²) in [7, 11) is 1.35. The molecule has 3 atom stereocenters. The molecule has 0 aromatic heterocycles. The number of carbonyl (C=O) groups is 5. The highest BCUT2D eigenvalue weighted by atomic mass is 16.5. The van der Waals surface area contributed by atoms with Crippen LogP contribution in [-0.4, -0.2) is 48.2 Å². The molecule has 1 saturated heterocycles. The lowest BCUT2D eigenvalue weighted by Crippen LogP contribution is -2.41. The molecule has 2 aliphatic rings. The number of fused-ring (bicyclic) bond motifs is 1. The van der Waals surface area contributed by atoms with Crippen LogP contribution in [-0.2, 0) is 23.9 Å². The molecule has 1 aliphatic heterocycles. The highest BCUT2D eigenvalue weighted by molar-refractivity contribution is 6.05. The zero-order chi connectivity index (χ0) is 21.7. The highest BCUT2D eigenvalue weighted by Crippen LogP contribution is 2.38. The van der Waals surface area contributed by atoms with Crippen LogP contribution in [0.1, 0.15) is 43.8 Å². The zero-order valence-electron chi connectivity index (χ0n) is 16.8. The summed E-state index contributed by atoms with van der Waals surface area (Å²) in [6, 6.07) is 7.55. The number of imide groups is 2. The third kappa shape index (κ3) is 4.67. The Kier molecular flexibility index (Phi) is 6.81. The molecule has 2 fully saturated rings. The summed E-state index contributed by atoms with van der Waals surface area (Å²) >= 11 is 0. The Morgan fingerprint density at radius 3 is 2.23 bits per heavy atom. The minimum Gasteiger partial charge on any atom is -0.447 e. The van der Waals surface area contributed by atoms with Crippen LogP contribution in [0.15, 0.2) is 30.3 Å². The standard InChI is InChI=1S/C21H25N3O6/c1-22-21(29)23-18(26)17(13-7-3-2-4-8-13)30-16(25)11-12-24-19(27)14-9-5-6-10-15(14)20(24)28/h2-4,7-8,14-15,17H,5-6,9-12H2,1H3,(H2,22,23,26,29)/t14-,15+,17-/m1/s1. The summed E-state index contributed by atoms with van der Waals surface area (Å²) in [4.78, 5) is 62.5. The molecule has 9 heteroatoms. The number of urea groups is 1. The summed E-state index contributed by atoms with van der Waals surface area (Å²) in [6.07, 6.45) is 1.69. The number of carbonyl (C=O) groups excluding carboxylic acids is 5. The number of nitrogens with one attached hydrogen (secondary N) is 2. The summed E-state index contributed by atoms with van der Waals surface area (Å²) in [6.45, 7) is -0.0813. The van der Waals surface area contributed by atoms with Crippen molar-refractivity contribution in [1.29, 1.82) is 0 Å². The van der Waals surface area contributed by atoms with Gasteiger partial charge in [-0.2, -0.15) is 0 Å². The molecular weight excluding hydrogens is 390 g/mol. The third-order valence-corrected chi connectivity index (χ3v) is 5.53. The molecule has 0 spiro atoms. The molecule has 1 heterocycles. The molecule has 5 amide bonds. The van der Waals surface area contributed by atoms with E-state index < -0.39 is 24.0 Å². The van der Waals surface area contributed by atoms with Crippen molar-refractivity contribution in [3.63, 3.8) is 0 Å². The first-order chi connectivity index (χ1) is 14.4. The molecule has 3 rings (SSSR count). The van der Waals surface area contributed by atoms with Crippen molar-refractivity contribution in [3.8, 4) is 0 Å².